The Labute approximate surface area is 182 Å². The summed E-state index contributed by atoms with van der Waals surface area (Å²) in [4.78, 5) is 19.3. The Morgan fingerprint density at radius 2 is 1.90 bits per heavy atom. The van der Waals surface area contributed by atoms with Crippen LogP contribution in [0.25, 0.3) is 10.9 Å². The van der Waals surface area contributed by atoms with Crippen LogP contribution in [0.5, 0.6) is 11.5 Å². The molecule has 0 aliphatic carbocycles. The number of para-hydroxylation sites is 1. The van der Waals surface area contributed by atoms with Gasteiger partial charge in [0.2, 0.25) is 5.91 Å². The zero-order valence-corrected chi connectivity index (χ0v) is 17.9. The third kappa shape index (κ3) is 5.26. The van der Waals surface area contributed by atoms with Gasteiger partial charge in [0.15, 0.2) is 0 Å². The lowest BCUT2D eigenvalue weighted by atomic mass is 9.96. The Bertz CT molecular complexity index is 1030. The molecule has 1 aliphatic rings. The highest BCUT2D eigenvalue weighted by molar-refractivity contribution is 5.85. The van der Waals surface area contributed by atoms with Crippen LogP contribution >= 0.6 is 0 Å². The first-order valence-electron chi connectivity index (χ1n) is 10.9. The first kappa shape index (κ1) is 21.0. The standard InChI is InChI=1S/C25H29N3O3/c1-18-6-9-21(10-7-18)31-17-3-14-26-25(30)20-12-15-28(16-13-20)23-11-8-19-4-2-5-22(29)24(19)27-23/h2,4-11,20,29H,3,12-17H2,1H3,(H,26,30). The fourth-order valence-electron chi connectivity index (χ4n) is 3.92. The highest BCUT2D eigenvalue weighted by Gasteiger charge is 2.25. The molecule has 6 heteroatoms. The van der Waals surface area contributed by atoms with Gasteiger partial charge in [-0.2, -0.15) is 0 Å². The van der Waals surface area contributed by atoms with E-state index in [1.807, 2.05) is 55.5 Å². The van der Waals surface area contributed by atoms with Crippen LogP contribution in [0.1, 0.15) is 24.8 Å². The number of carbonyl (C=O) groups is 1. The number of phenols is 1. The number of aromatic nitrogens is 1. The minimum atomic E-state index is 0.0307. The van der Waals surface area contributed by atoms with Gasteiger partial charge in [-0.1, -0.05) is 29.8 Å². The summed E-state index contributed by atoms with van der Waals surface area (Å²) in [6.07, 6.45) is 2.38. The molecule has 1 fully saturated rings. The molecule has 4 rings (SSSR count). The van der Waals surface area contributed by atoms with Crippen LogP contribution in [-0.2, 0) is 4.79 Å². The third-order valence-corrected chi connectivity index (χ3v) is 5.78. The van der Waals surface area contributed by atoms with Crippen LogP contribution in [0, 0.1) is 12.8 Å². The summed E-state index contributed by atoms with van der Waals surface area (Å²) in [6.45, 7) is 4.81. The van der Waals surface area contributed by atoms with Gasteiger partial charge < -0.3 is 20.1 Å². The van der Waals surface area contributed by atoms with E-state index in [-0.39, 0.29) is 17.6 Å². The van der Waals surface area contributed by atoms with E-state index >= 15 is 0 Å². The summed E-state index contributed by atoms with van der Waals surface area (Å²) in [7, 11) is 0. The highest BCUT2D eigenvalue weighted by Crippen LogP contribution is 2.27. The van der Waals surface area contributed by atoms with Crippen molar-refractivity contribution >= 4 is 22.6 Å². The van der Waals surface area contributed by atoms with Crippen molar-refractivity contribution in [2.45, 2.75) is 26.2 Å². The van der Waals surface area contributed by atoms with E-state index in [2.05, 4.69) is 15.2 Å². The Morgan fingerprint density at radius 3 is 2.68 bits per heavy atom. The number of hydrogen-bond acceptors (Lipinski definition) is 5. The average Bonchev–Trinajstić information content (AvgIpc) is 2.80. The maximum atomic E-state index is 12.5. The Balaban J connectivity index is 1.20. The molecule has 2 N–H and O–H groups in total. The number of piperidine rings is 1. The number of phenolic OH excluding ortho intramolecular Hbond substituents is 1. The van der Waals surface area contributed by atoms with Crippen molar-refractivity contribution in [3.8, 4) is 11.5 Å². The number of nitrogens with one attached hydrogen (secondary N) is 1. The number of hydrogen-bond donors (Lipinski definition) is 2. The molecule has 0 radical (unpaired) electrons. The summed E-state index contributed by atoms with van der Waals surface area (Å²) in [5.74, 6) is 2.06. The predicted octanol–water partition coefficient (Wildman–Crippen LogP) is 4.05. The summed E-state index contributed by atoms with van der Waals surface area (Å²) in [5, 5.41) is 14.0. The molecule has 0 spiro atoms. The van der Waals surface area contributed by atoms with E-state index < -0.39 is 0 Å². The maximum absolute atomic E-state index is 12.5. The van der Waals surface area contributed by atoms with Gasteiger partial charge in [-0.05, 0) is 56.5 Å². The second-order valence-corrected chi connectivity index (χ2v) is 8.09. The zero-order chi connectivity index (χ0) is 21.6. The number of aromatic hydroxyl groups is 1. The van der Waals surface area contributed by atoms with Crippen molar-refractivity contribution in [2.75, 3.05) is 31.1 Å². The van der Waals surface area contributed by atoms with E-state index in [1.54, 1.807) is 6.07 Å². The summed E-state index contributed by atoms with van der Waals surface area (Å²) < 4.78 is 5.71. The molecule has 0 unspecified atom stereocenters. The molecule has 0 atom stereocenters. The summed E-state index contributed by atoms with van der Waals surface area (Å²) in [5.41, 5.74) is 1.83. The molecule has 31 heavy (non-hydrogen) atoms. The Hall–Kier alpha value is -3.28. The van der Waals surface area contributed by atoms with E-state index in [9.17, 15) is 9.90 Å². The van der Waals surface area contributed by atoms with Crippen molar-refractivity contribution in [3.05, 3.63) is 60.2 Å². The number of amides is 1. The number of fused-ring (bicyclic) bond motifs is 1. The van der Waals surface area contributed by atoms with Crippen LogP contribution < -0.4 is 15.0 Å². The van der Waals surface area contributed by atoms with Crippen LogP contribution in [-0.4, -0.2) is 42.2 Å². The van der Waals surface area contributed by atoms with Crippen molar-refractivity contribution in [3.63, 3.8) is 0 Å². The second-order valence-electron chi connectivity index (χ2n) is 8.09. The minimum Gasteiger partial charge on any atom is -0.506 e. The number of nitrogens with zero attached hydrogens (tertiary/aromatic N) is 2. The molecule has 1 aliphatic heterocycles. The third-order valence-electron chi connectivity index (χ3n) is 5.78. The summed E-state index contributed by atoms with van der Waals surface area (Å²) in [6, 6.07) is 17.4. The molecule has 6 nitrogen and oxygen atoms in total. The molecule has 1 aromatic heterocycles. The van der Waals surface area contributed by atoms with Crippen LogP contribution in [0.2, 0.25) is 0 Å². The van der Waals surface area contributed by atoms with Gasteiger partial charge in [0.05, 0.1) is 6.61 Å². The molecule has 1 amide bonds. The van der Waals surface area contributed by atoms with Gasteiger partial charge in [-0.3, -0.25) is 4.79 Å². The predicted molar refractivity (Wildman–Crippen MR) is 123 cm³/mol. The fraction of sp³-hybridized carbons (Fsp3) is 0.360. The number of anilines is 1. The molecule has 162 valence electrons. The van der Waals surface area contributed by atoms with Gasteiger partial charge in [-0.25, -0.2) is 4.98 Å². The lowest BCUT2D eigenvalue weighted by Gasteiger charge is -2.32. The number of ether oxygens (including phenoxy) is 1. The molecule has 2 aromatic carbocycles. The van der Waals surface area contributed by atoms with E-state index in [4.69, 9.17) is 4.74 Å². The average molecular weight is 420 g/mol. The molecule has 0 bridgehead atoms. The van der Waals surface area contributed by atoms with Crippen LogP contribution in [0.3, 0.4) is 0 Å². The quantitative estimate of drug-likeness (QED) is 0.565. The monoisotopic (exact) mass is 419 g/mol. The van der Waals surface area contributed by atoms with Crippen molar-refractivity contribution in [1.29, 1.82) is 0 Å². The van der Waals surface area contributed by atoms with E-state index in [1.165, 1.54) is 5.56 Å². The van der Waals surface area contributed by atoms with Crippen molar-refractivity contribution in [2.24, 2.45) is 5.92 Å². The normalized spacial score (nSPS) is 14.5. The van der Waals surface area contributed by atoms with E-state index in [0.29, 0.717) is 18.7 Å². The number of aryl methyl sites for hydroxylation is 1. The number of carbonyl (C=O) groups excluding carboxylic acids is 1. The summed E-state index contributed by atoms with van der Waals surface area (Å²) >= 11 is 0. The smallest absolute Gasteiger partial charge is 0.223 e. The molecular weight excluding hydrogens is 390 g/mol. The molecule has 1 saturated heterocycles. The van der Waals surface area contributed by atoms with Crippen molar-refractivity contribution in [1.82, 2.24) is 10.3 Å². The van der Waals surface area contributed by atoms with Crippen LogP contribution in [0.4, 0.5) is 5.82 Å². The van der Waals surface area contributed by atoms with Gasteiger partial charge in [0, 0.05) is 30.9 Å². The maximum Gasteiger partial charge on any atom is 0.223 e. The van der Waals surface area contributed by atoms with Crippen molar-refractivity contribution < 1.29 is 14.6 Å². The first-order chi connectivity index (χ1) is 15.1. The number of rotatable bonds is 7. The van der Waals surface area contributed by atoms with E-state index in [0.717, 1.165) is 49.3 Å². The highest BCUT2D eigenvalue weighted by atomic mass is 16.5. The Morgan fingerprint density at radius 1 is 1.13 bits per heavy atom. The second kappa shape index (κ2) is 9.69. The zero-order valence-electron chi connectivity index (χ0n) is 17.9. The molecule has 2 heterocycles. The fourth-order valence-corrected chi connectivity index (χ4v) is 3.92. The van der Waals surface area contributed by atoms with Gasteiger partial charge >= 0.3 is 0 Å². The minimum absolute atomic E-state index is 0.0307. The molecular formula is C25H29N3O3. The van der Waals surface area contributed by atoms with Gasteiger partial charge in [0.25, 0.3) is 0 Å². The Kier molecular flexibility index (Phi) is 6.55. The largest absolute Gasteiger partial charge is 0.506 e. The SMILES string of the molecule is Cc1ccc(OCCCNC(=O)C2CCN(c3ccc4cccc(O)c4n3)CC2)cc1. The van der Waals surface area contributed by atoms with Gasteiger partial charge in [-0.15, -0.1) is 0 Å². The number of pyridine rings is 1. The van der Waals surface area contributed by atoms with Crippen LogP contribution in [0.15, 0.2) is 54.6 Å². The van der Waals surface area contributed by atoms with Gasteiger partial charge in [0.1, 0.15) is 22.8 Å². The lowest BCUT2D eigenvalue weighted by molar-refractivity contribution is -0.125. The lowest BCUT2D eigenvalue weighted by Crippen LogP contribution is -2.41. The first-order valence-corrected chi connectivity index (χ1v) is 10.9. The molecule has 3 aromatic rings. The topological polar surface area (TPSA) is 74.7 Å². The number of benzene rings is 2. The molecule has 0 saturated carbocycles.